The highest BCUT2D eigenvalue weighted by molar-refractivity contribution is 7.89. The van der Waals surface area contributed by atoms with Gasteiger partial charge in [0.15, 0.2) is 0 Å². The molecule has 2 N–H and O–H groups in total. The van der Waals surface area contributed by atoms with Gasteiger partial charge >= 0.3 is 0 Å². The van der Waals surface area contributed by atoms with Crippen molar-refractivity contribution in [3.8, 4) is 0 Å². The zero-order valence-corrected chi connectivity index (χ0v) is 13.3. The zero-order chi connectivity index (χ0) is 15.8. The van der Waals surface area contributed by atoms with Gasteiger partial charge in [-0.1, -0.05) is 30.3 Å². The number of hydrogen-bond donors (Lipinski definition) is 1. The summed E-state index contributed by atoms with van der Waals surface area (Å²) in [6.07, 6.45) is 3.78. The standard InChI is InChI=1S/C16H19N3O2S/c1-19(15-14(22(17,20)21)8-5-11-18-15)12-16(9-10-16)13-6-3-2-4-7-13/h2-8,11H,9-10,12H2,1H3,(H2,17,20,21). The first-order valence-corrected chi connectivity index (χ1v) is 8.72. The summed E-state index contributed by atoms with van der Waals surface area (Å²) in [7, 11) is -1.92. The Balaban J connectivity index is 1.89. The molecule has 6 heteroatoms. The molecule has 1 saturated carbocycles. The highest BCUT2D eigenvalue weighted by Gasteiger charge is 2.45. The molecule has 22 heavy (non-hydrogen) atoms. The van der Waals surface area contributed by atoms with Crippen molar-refractivity contribution in [2.75, 3.05) is 18.5 Å². The topological polar surface area (TPSA) is 76.3 Å². The molecule has 1 aromatic carbocycles. The van der Waals surface area contributed by atoms with Crippen molar-refractivity contribution < 1.29 is 8.42 Å². The Kier molecular flexibility index (Phi) is 3.66. The number of likely N-dealkylation sites (N-methyl/N-ethyl adjacent to an activating group) is 1. The summed E-state index contributed by atoms with van der Waals surface area (Å²) in [5, 5.41) is 5.29. The Morgan fingerprint density at radius 1 is 1.18 bits per heavy atom. The third-order valence-corrected chi connectivity index (χ3v) is 5.13. The van der Waals surface area contributed by atoms with E-state index in [9.17, 15) is 8.42 Å². The molecule has 0 radical (unpaired) electrons. The summed E-state index contributed by atoms with van der Waals surface area (Å²) >= 11 is 0. The fourth-order valence-corrected chi connectivity index (χ4v) is 3.63. The van der Waals surface area contributed by atoms with Gasteiger partial charge in [0.1, 0.15) is 10.7 Å². The van der Waals surface area contributed by atoms with Gasteiger partial charge in [0.05, 0.1) is 0 Å². The number of pyridine rings is 1. The maximum atomic E-state index is 11.7. The summed E-state index contributed by atoms with van der Waals surface area (Å²) in [5.41, 5.74) is 1.37. The van der Waals surface area contributed by atoms with E-state index in [1.165, 1.54) is 11.6 Å². The number of anilines is 1. The SMILES string of the molecule is CN(CC1(c2ccccc2)CC1)c1ncccc1S(N)(=O)=O. The van der Waals surface area contributed by atoms with Gasteiger partial charge in [-0.25, -0.2) is 18.5 Å². The molecule has 0 saturated heterocycles. The van der Waals surface area contributed by atoms with E-state index in [1.807, 2.05) is 30.1 Å². The molecular formula is C16H19N3O2S. The molecular weight excluding hydrogens is 298 g/mol. The number of rotatable bonds is 5. The minimum atomic E-state index is -3.78. The predicted molar refractivity (Wildman–Crippen MR) is 86.2 cm³/mol. The van der Waals surface area contributed by atoms with E-state index >= 15 is 0 Å². The zero-order valence-electron chi connectivity index (χ0n) is 12.4. The Hall–Kier alpha value is -1.92. The van der Waals surface area contributed by atoms with Crippen molar-refractivity contribution in [1.82, 2.24) is 4.98 Å². The molecule has 0 atom stereocenters. The van der Waals surface area contributed by atoms with Crippen molar-refractivity contribution in [3.63, 3.8) is 0 Å². The highest BCUT2D eigenvalue weighted by Crippen LogP contribution is 2.49. The molecule has 0 aliphatic heterocycles. The number of hydrogen-bond acceptors (Lipinski definition) is 4. The van der Waals surface area contributed by atoms with Crippen LogP contribution in [0.25, 0.3) is 0 Å². The van der Waals surface area contributed by atoms with Crippen molar-refractivity contribution in [2.45, 2.75) is 23.2 Å². The number of nitrogens with zero attached hydrogens (tertiary/aromatic N) is 2. The minimum absolute atomic E-state index is 0.0707. The second kappa shape index (κ2) is 5.37. The van der Waals surface area contributed by atoms with E-state index in [0.717, 1.165) is 19.4 Å². The van der Waals surface area contributed by atoms with E-state index < -0.39 is 10.0 Å². The van der Waals surface area contributed by atoms with Crippen molar-refractivity contribution in [3.05, 3.63) is 54.2 Å². The molecule has 0 spiro atoms. The van der Waals surface area contributed by atoms with Crippen LogP contribution < -0.4 is 10.0 Å². The number of primary sulfonamides is 1. The lowest BCUT2D eigenvalue weighted by atomic mass is 9.95. The van der Waals surface area contributed by atoms with Crippen LogP contribution in [0.2, 0.25) is 0 Å². The maximum absolute atomic E-state index is 11.7. The van der Waals surface area contributed by atoms with Crippen LogP contribution in [-0.4, -0.2) is 27.0 Å². The summed E-state index contributed by atoms with van der Waals surface area (Å²) in [5.74, 6) is 0.409. The fourth-order valence-electron chi connectivity index (χ4n) is 2.90. The molecule has 2 aromatic rings. The summed E-state index contributed by atoms with van der Waals surface area (Å²) in [6.45, 7) is 0.719. The number of aromatic nitrogens is 1. The molecule has 1 fully saturated rings. The van der Waals surface area contributed by atoms with Gasteiger partial charge < -0.3 is 4.90 Å². The van der Waals surface area contributed by atoms with Crippen LogP contribution in [-0.2, 0) is 15.4 Å². The van der Waals surface area contributed by atoms with E-state index in [1.54, 1.807) is 12.3 Å². The van der Waals surface area contributed by atoms with E-state index in [0.29, 0.717) is 5.82 Å². The van der Waals surface area contributed by atoms with E-state index in [2.05, 4.69) is 17.1 Å². The van der Waals surface area contributed by atoms with Gasteiger partial charge in [0, 0.05) is 25.2 Å². The maximum Gasteiger partial charge on any atom is 0.241 e. The monoisotopic (exact) mass is 317 g/mol. The van der Waals surface area contributed by atoms with Crippen molar-refractivity contribution in [1.29, 1.82) is 0 Å². The van der Waals surface area contributed by atoms with Crippen molar-refractivity contribution in [2.24, 2.45) is 5.14 Å². The van der Waals surface area contributed by atoms with Crippen LogP contribution in [0.1, 0.15) is 18.4 Å². The average Bonchev–Trinajstić information content (AvgIpc) is 3.28. The molecule has 3 rings (SSSR count). The van der Waals surface area contributed by atoms with Gasteiger partial charge in [0.2, 0.25) is 10.0 Å². The Morgan fingerprint density at radius 3 is 2.45 bits per heavy atom. The molecule has 0 amide bonds. The predicted octanol–water partition coefficient (Wildman–Crippen LogP) is 1.90. The third kappa shape index (κ3) is 2.84. The largest absolute Gasteiger partial charge is 0.358 e. The van der Waals surface area contributed by atoms with E-state index in [4.69, 9.17) is 5.14 Å². The number of benzene rings is 1. The quantitative estimate of drug-likeness (QED) is 0.914. The van der Waals surface area contributed by atoms with Crippen LogP contribution >= 0.6 is 0 Å². The first-order chi connectivity index (χ1) is 10.4. The van der Waals surface area contributed by atoms with Gasteiger partial charge in [-0.05, 0) is 30.5 Å². The fraction of sp³-hybridized carbons (Fsp3) is 0.312. The van der Waals surface area contributed by atoms with Gasteiger partial charge in [-0.15, -0.1) is 0 Å². The van der Waals surface area contributed by atoms with Gasteiger partial charge in [-0.2, -0.15) is 0 Å². The lowest BCUT2D eigenvalue weighted by Gasteiger charge is -2.26. The van der Waals surface area contributed by atoms with Crippen LogP contribution in [0, 0.1) is 0 Å². The summed E-state index contributed by atoms with van der Waals surface area (Å²) < 4.78 is 23.4. The number of sulfonamides is 1. The molecule has 1 heterocycles. The second-order valence-corrected chi connectivity index (χ2v) is 7.40. The van der Waals surface area contributed by atoms with Gasteiger partial charge in [-0.3, -0.25) is 0 Å². The molecule has 5 nitrogen and oxygen atoms in total. The summed E-state index contributed by atoms with van der Waals surface area (Å²) in [4.78, 5) is 6.18. The molecule has 0 bridgehead atoms. The molecule has 116 valence electrons. The van der Waals surface area contributed by atoms with Gasteiger partial charge in [0.25, 0.3) is 0 Å². The third-order valence-electron chi connectivity index (χ3n) is 4.20. The Labute approximate surface area is 130 Å². The van der Waals surface area contributed by atoms with Crippen LogP contribution in [0.15, 0.2) is 53.6 Å². The Bertz CT molecular complexity index is 771. The van der Waals surface area contributed by atoms with Crippen molar-refractivity contribution >= 4 is 15.8 Å². The lowest BCUT2D eigenvalue weighted by molar-refractivity contribution is 0.596. The Morgan fingerprint density at radius 2 is 1.86 bits per heavy atom. The molecule has 1 aliphatic rings. The van der Waals surface area contributed by atoms with Crippen LogP contribution in [0.4, 0.5) is 5.82 Å². The molecule has 1 aliphatic carbocycles. The lowest BCUT2D eigenvalue weighted by Crippen LogP contribution is -2.31. The first kappa shape index (κ1) is 15.0. The van der Waals surface area contributed by atoms with Crippen LogP contribution in [0.3, 0.4) is 0 Å². The average molecular weight is 317 g/mol. The highest BCUT2D eigenvalue weighted by atomic mass is 32.2. The molecule has 1 aromatic heterocycles. The second-order valence-electron chi connectivity index (χ2n) is 5.87. The molecule has 0 unspecified atom stereocenters. The first-order valence-electron chi connectivity index (χ1n) is 7.17. The van der Waals surface area contributed by atoms with Crippen LogP contribution in [0.5, 0.6) is 0 Å². The number of nitrogens with two attached hydrogens (primary N) is 1. The van der Waals surface area contributed by atoms with E-state index in [-0.39, 0.29) is 10.3 Å². The summed E-state index contributed by atoms with van der Waals surface area (Å²) in [6, 6.07) is 13.4. The normalized spacial score (nSPS) is 16.3. The smallest absolute Gasteiger partial charge is 0.241 e. The minimum Gasteiger partial charge on any atom is -0.358 e.